The van der Waals surface area contributed by atoms with Crippen LogP contribution in [-0.4, -0.2) is 47.6 Å². The number of aromatic nitrogens is 3. The summed E-state index contributed by atoms with van der Waals surface area (Å²) in [7, 11) is 3.04. The van der Waals surface area contributed by atoms with Gasteiger partial charge in [0.2, 0.25) is 5.91 Å². The van der Waals surface area contributed by atoms with Crippen molar-refractivity contribution in [1.29, 1.82) is 0 Å². The Hall–Kier alpha value is -4.34. The van der Waals surface area contributed by atoms with Gasteiger partial charge in [-0.15, -0.1) is 5.10 Å². The zero-order chi connectivity index (χ0) is 26.4. The Balaban J connectivity index is 1.77. The fourth-order valence-electron chi connectivity index (χ4n) is 4.05. The number of hydrogen-bond acceptors (Lipinski definition) is 7. The molecule has 2 aromatic heterocycles. The van der Waals surface area contributed by atoms with Crippen molar-refractivity contribution in [2.24, 2.45) is 5.92 Å². The molecule has 0 aliphatic heterocycles. The summed E-state index contributed by atoms with van der Waals surface area (Å²) in [4.78, 5) is 29.0. The number of carbonyl (C=O) groups excluding carboxylic acids is 2. The summed E-state index contributed by atoms with van der Waals surface area (Å²) in [6.07, 6.45) is 2.28. The fourth-order valence-corrected chi connectivity index (χ4v) is 4.05. The molecule has 37 heavy (non-hydrogen) atoms. The van der Waals surface area contributed by atoms with Crippen LogP contribution in [-0.2, 0) is 16.1 Å². The molecule has 10 heteroatoms. The number of benzene rings is 2. The molecule has 0 fully saturated rings. The van der Waals surface area contributed by atoms with Crippen molar-refractivity contribution < 1.29 is 23.5 Å². The lowest BCUT2D eigenvalue weighted by molar-refractivity contribution is -0.127. The molecule has 0 spiro atoms. The average molecular weight is 506 g/mol. The number of carbonyl (C=O) groups is 2. The molecule has 4 aromatic rings. The third-order valence-electron chi connectivity index (χ3n) is 5.96. The fraction of sp³-hybridized carbons (Fsp3) is 0.333. The van der Waals surface area contributed by atoms with Gasteiger partial charge in [-0.2, -0.15) is 0 Å². The molecule has 0 aliphatic carbocycles. The second-order valence-corrected chi connectivity index (χ2v) is 8.93. The number of fused-ring (bicyclic) bond motifs is 1. The van der Waals surface area contributed by atoms with Gasteiger partial charge in [0.15, 0.2) is 17.5 Å². The number of ether oxygens (including phenoxy) is 2. The number of nitrogens with one attached hydrogen (secondary N) is 1. The number of methoxy groups -OCH3 is 2. The Bertz CT molecular complexity index is 1350. The Labute approximate surface area is 215 Å². The largest absolute Gasteiger partial charge is 0.493 e. The van der Waals surface area contributed by atoms with Crippen molar-refractivity contribution in [3.8, 4) is 11.5 Å². The third kappa shape index (κ3) is 5.74. The van der Waals surface area contributed by atoms with E-state index >= 15 is 0 Å². The van der Waals surface area contributed by atoms with Crippen molar-refractivity contribution in [3.63, 3.8) is 0 Å². The number of amides is 2. The van der Waals surface area contributed by atoms with Gasteiger partial charge in [-0.25, -0.2) is 4.68 Å². The quantitative estimate of drug-likeness (QED) is 0.328. The number of furan rings is 1. The van der Waals surface area contributed by atoms with Crippen LogP contribution in [0.5, 0.6) is 11.5 Å². The van der Waals surface area contributed by atoms with Crippen LogP contribution in [0, 0.1) is 5.92 Å². The summed E-state index contributed by atoms with van der Waals surface area (Å²) < 4.78 is 18.0. The minimum atomic E-state index is -1.07. The topological polar surface area (TPSA) is 112 Å². The third-order valence-corrected chi connectivity index (χ3v) is 5.96. The first kappa shape index (κ1) is 25.7. The molecule has 194 valence electrons. The molecule has 0 aliphatic rings. The van der Waals surface area contributed by atoms with Gasteiger partial charge >= 0.3 is 0 Å². The van der Waals surface area contributed by atoms with Gasteiger partial charge in [-0.05, 0) is 48.7 Å². The van der Waals surface area contributed by atoms with Crippen molar-refractivity contribution in [2.45, 2.75) is 32.9 Å². The van der Waals surface area contributed by atoms with Gasteiger partial charge in [-0.1, -0.05) is 31.2 Å². The zero-order valence-corrected chi connectivity index (χ0v) is 21.4. The first-order valence-electron chi connectivity index (χ1n) is 12.1. The maximum absolute atomic E-state index is 14.0. The van der Waals surface area contributed by atoms with Gasteiger partial charge in [-0.3, -0.25) is 14.5 Å². The van der Waals surface area contributed by atoms with E-state index < -0.39 is 6.04 Å². The highest BCUT2D eigenvalue weighted by Crippen LogP contribution is 2.36. The molecular weight excluding hydrogens is 474 g/mol. The van der Waals surface area contributed by atoms with Gasteiger partial charge in [0.05, 0.1) is 26.0 Å². The van der Waals surface area contributed by atoms with E-state index in [0.717, 1.165) is 6.42 Å². The number of anilines is 1. The standard InChI is InChI=1S/C27H31N5O5/c1-18(2)13-14-28-27(34)26(23-10-7-15-37-23)32(19-11-12-22(35-3)24(16-19)36-4)25(33)17-31-21-9-6-5-8-20(21)29-30-31/h5-12,15-16,18,26H,13-14,17H2,1-4H3,(H,28,34)/t26-/m1/s1. The molecule has 0 unspecified atom stereocenters. The molecule has 2 heterocycles. The summed E-state index contributed by atoms with van der Waals surface area (Å²) in [6.45, 7) is 4.48. The van der Waals surface area contributed by atoms with Crippen LogP contribution >= 0.6 is 0 Å². The molecule has 1 N–H and O–H groups in total. The molecule has 0 saturated carbocycles. The molecular formula is C27H31N5O5. The second kappa shape index (κ2) is 11.6. The van der Waals surface area contributed by atoms with Crippen LogP contribution in [0.15, 0.2) is 65.3 Å². The van der Waals surface area contributed by atoms with Crippen LogP contribution in [0.4, 0.5) is 5.69 Å². The predicted molar refractivity (Wildman–Crippen MR) is 138 cm³/mol. The van der Waals surface area contributed by atoms with E-state index in [1.54, 1.807) is 30.3 Å². The van der Waals surface area contributed by atoms with Crippen molar-refractivity contribution in [1.82, 2.24) is 20.3 Å². The molecule has 0 bridgehead atoms. The molecule has 1 atom stereocenters. The van der Waals surface area contributed by atoms with Gasteiger partial charge in [0, 0.05) is 18.3 Å². The van der Waals surface area contributed by atoms with Crippen LogP contribution in [0.3, 0.4) is 0 Å². The van der Waals surface area contributed by atoms with Gasteiger partial charge < -0.3 is 19.2 Å². The van der Waals surface area contributed by atoms with Crippen molar-refractivity contribution in [2.75, 3.05) is 25.7 Å². The highest BCUT2D eigenvalue weighted by atomic mass is 16.5. The van der Waals surface area contributed by atoms with Crippen LogP contribution in [0.1, 0.15) is 32.1 Å². The van der Waals surface area contributed by atoms with Crippen LogP contribution < -0.4 is 19.7 Å². The highest BCUT2D eigenvalue weighted by Gasteiger charge is 2.35. The lowest BCUT2D eigenvalue weighted by Gasteiger charge is -2.30. The van der Waals surface area contributed by atoms with Gasteiger partial charge in [0.25, 0.3) is 5.91 Å². The lowest BCUT2D eigenvalue weighted by atomic mass is 10.1. The van der Waals surface area contributed by atoms with E-state index in [2.05, 4.69) is 29.5 Å². The summed E-state index contributed by atoms with van der Waals surface area (Å²) in [5.41, 5.74) is 1.81. The Morgan fingerprint density at radius 1 is 1.05 bits per heavy atom. The van der Waals surface area contributed by atoms with Gasteiger partial charge in [0.1, 0.15) is 17.8 Å². The molecule has 10 nitrogen and oxygen atoms in total. The Morgan fingerprint density at radius 2 is 1.84 bits per heavy atom. The molecule has 4 rings (SSSR count). The second-order valence-electron chi connectivity index (χ2n) is 8.93. The SMILES string of the molecule is COc1ccc(N(C(=O)Cn2nnc3ccccc32)[C@@H](C(=O)NCCC(C)C)c2ccco2)cc1OC. The first-order valence-corrected chi connectivity index (χ1v) is 12.1. The number of nitrogens with zero attached hydrogens (tertiary/aromatic N) is 4. The van der Waals surface area contributed by atoms with E-state index in [9.17, 15) is 9.59 Å². The number of hydrogen-bond donors (Lipinski definition) is 1. The number of para-hydroxylation sites is 1. The molecule has 2 amide bonds. The van der Waals surface area contributed by atoms with E-state index in [1.165, 1.54) is 30.1 Å². The van der Waals surface area contributed by atoms with E-state index in [4.69, 9.17) is 13.9 Å². The summed E-state index contributed by atoms with van der Waals surface area (Å²) in [6, 6.07) is 14.7. The molecule has 0 saturated heterocycles. The maximum Gasteiger partial charge on any atom is 0.251 e. The highest BCUT2D eigenvalue weighted by molar-refractivity contribution is 6.01. The Morgan fingerprint density at radius 3 is 2.54 bits per heavy atom. The lowest BCUT2D eigenvalue weighted by Crippen LogP contribution is -2.45. The summed E-state index contributed by atoms with van der Waals surface area (Å²) in [5, 5.41) is 11.3. The maximum atomic E-state index is 14.0. The average Bonchev–Trinajstić information content (AvgIpc) is 3.57. The van der Waals surface area contributed by atoms with Crippen molar-refractivity contribution in [3.05, 3.63) is 66.6 Å². The van der Waals surface area contributed by atoms with E-state index in [-0.39, 0.29) is 18.4 Å². The monoisotopic (exact) mass is 505 g/mol. The molecule has 0 radical (unpaired) electrons. The number of rotatable bonds is 11. The van der Waals surface area contributed by atoms with E-state index in [0.29, 0.717) is 46.4 Å². The zero-order valence-electron chi connectivity index (χ0n) is 21.4. The summed E-state index contributed by atoms with van der Waals surface area (Å²) >= 11 is 0. The first-order chi connectivity index (χ1) is 17.9. The Kier molecular flexibility index (Phi) is 8.07. The smallest absolute Gasteiger partial charge is 0.251 e. The molecule has 2 aromatic carbocycles. The van der Waals surface area contributed by atoms with Crippen LogP contribution in [0.2, 0.25) is 0 Å². The van der Waals surface area contributed by atoms with E-state index in [1.807, 2.05) is 24.3 Å². The van der Waals surface area contributed by atoms with Crippen LogP contribution in [0.25, 0.3) is 11.0 Å². The minimum Gasteiger partial charge on any atom is -0.493 e. The van der Waals surface area contributed by atoms with Crippen molar-refractivity contribution >= 4 is 28.5 Å². The minimum absolute atomic E-state index is 0.147. The summed E-state index contributed by atoms with van der Waals surface area (Å²) in [5.74, 6) is 0.907. The predicted octanol–water partition coefficient (Wildman–Crippen LogP) is 3.98. The normalized spacial score (nSPS) is 11.9.